The molecule has 1 aromatic heterocycles. The van der Waals surface area contributed by atoms with Crippen LogP contribution in [0.2, 0.25) is 5.02 Å². The van der Waals surface area contributed by atoms with Crippen LogP contribution in [-0.4, -0.2) is 17.4 Å². The molecule has 1 heterocycles. The van der Waals surface area contributed by atoms with Gasteiger partial charge in [0.15, 0.2) is 5.75 Å². The quantitative estimate of drug-likeness (QED) is 0.279. The van der Waals surface area contributed by atoms with E-state index in [1.807, 2.05) is 0 Å². The molecule has 0 saturated heterocycles. The zero-order chi connectivity index (χ0) is 25.2. The Balaban J connectivity index is 1.64. The molecule has 0 fully saturated rings. The van der Waals surface area contributed by atoms with E-state index in [0.29, 0.717) is 27.1 Å². The Bertz CT molecular complexity index is 1390. The van der Waals surface area contributed by atoms with Crippen LogP contribution in [0.1, 0.15) is 33.2 Å². The van der Waals surface area contributed by atoms with Crippen LogP contribution in [0.25, 0.3) is 10.9 Å². The van der Waals surface area contributed by atoms with Crippen molar-refractivity contribution in [2.24, 2.45) is 0 Å². The first-order valence-corrected chi connectivity index (χ1v) is 10.9. The third kappa shape index (κ3) is 5.54. The first kappa shape index (κ1) is 24.5. The van der Waals surface area contributed by atoms with Crippen LogP contribution in [0.3, 0.4) is 0 Å². The van der Waals surface area contributed by atoms with Crippen LogP contribution in [0.4, 0.5) is 17.6 Å². The summed E-state index contributed by atoms with van der Waals surface area (Å²) in [5, 5.41) is 3.44. The molecule has 9 heteroatoms. The van der Waals surface area contributed by atoms with Gasteiger partial charge in [0.25, 0.3) is 5.91 Å². The molecule has 4 nitrogen and oxygen atoms in total. The van der Waals surface area contributed by atoms with Crippen molar-refractivity contribution in [2.45, 2.75) is 19.3 Å². The molecule has 4 aromatic rings. The van der Waals surface area contributed by atoms with Gasteiger partial charge in [0.2, 0.25) is 0 Å². The second-order valence-corrected chi connectivity index (χ2v) is 8.26. The molecule has 4 rings (SSSR count). The van der Waals surface area contributed by atoms with Gasteiger partial charge in [0.1, 0.15) is 11.9 Å². The number of benzene rings is 3. The van der Waals surface area contributed by atoms with Crippen molar-refractivity contribution >= 4 is 28.4 Å². The number of carbonyl (C=O) groups is 1. The number of hydrogen-bond acceptors (Lipinski definition) is 3. The molecule has 180 valence electrons. The van der Waals surface area contributed by atoms with Crippen LogP contribution in [0, 0.1) is 6.92 Å². The smallest absolute Gasteiger partial charge is 0.416 e. The number of pyridine rings is 1. The topological polar surface area (TPSA) is 51.2 Å². The first-order valence-electron chi connectivity index (χ1n) is 10.5. The van der Waals surface area contributed by atoms with Crippen molar-refractivity contribution in [3.05, 3.63) is 100 Å². The summed E-state index contributed by atoms with van der Waals surface area (Å²) in [5.74, 6) is -0.829. The molecule has 0 spiro atoms. The summed E-state index contributed by atoms with van der Waals surface area (Å²) in [6.07, 6.45) is -4.80. The average molecular weight is 503 g/mol. The van der Waals surface area contributed by atoms with Gasteiger partial charge in [-0.2, -0.15) is 13.2 Å². The monoisotopic (exact) mass is 502 g/mol. The van der Waals surface area contributed by atoms with Crippen molar-refractivity contribution in [2.75, 3.05) is 6.54 Å². The number of hydrogen-bond donors (Lipinski definition) is 1. The van der Waals surface area contributed by atoms with E-state index in [4.69, 9.17) is 16.3 Å². The molecule has 1 N–H and O–H groups in total. The molecule has 3 aromatic carbocycles. The number of alkyl halides is 4. The van der Waals surface area contributed by atoms with Crippen LogP contribution >= 0.6 is 11.6 Å². The maximum Gasteiger partial charge on any atom is 0.416 e. The molecule has 1 atom stereocenters. The van der Waals surface area contributed by atoms with Crippen molar-refractivity contribution in [1.82, 2.24) is 10.3 Å². The standard InChI is InChI=1S/C26H19ClF4N2O2/c1-15-11-17(27)9-10-19(15)21(28)13-33-25(34)24-20-7-2-3-8-22(20)32-14-23(24)35-18-6-4-5-16(12-18)26(29,30)31/h2-12,14,21H,13H2,1H3,(H,33,34)/t21-/m0/s1. The molecule has 35 heavy (non-hydrogen) atoms. The molecule has 0 aliphatic carbocycles. The molecule has 0 radical (unpaired) electrons. The van der Waals surface area contributed by atoms with Gasteiger partial charge in [-0.05, 0) is 54.4 Å². The molecular weight excluding hydrogens is 484 g/mol. The van der Waals surface area contributed by atoms with Gasteiger partial charge in [-0.3, -0.25) is 9.78 Å². The van der Waals surface area contributed by atoms with Gasteiger partial charge in [0, 0.05) is 10.4 Å². The number of fused-ring (bicyclic) bond motifs is 1. The number of para-hydroxylation sites is 1. The summed E-state index contributed by atoms with van der Waals surface area (Å²) in [7, 11) is 0. The Kier molecular flexibility index (Phi) is 6.93. The van der Waals surface area contributed by atoms with Crippen LogP contribution in [0.15, 0.2) is 72.9 Å². The Hall–Kier alpha value is -3.65. The SMILES string of the molecule is Cc1cc(Cl)ccc1[C@@H](F)CNC(=O)c1c(Oc2cccc(C(F)(F)F)c2)cnc2ccccc12. The number of amides is 1. The summed E-state index contributed by atoms with van der Waals surface area (Å²) in [6.45, 7) is 1.38. The number of nitrogens with zero attached hydrogens (tertiary/aromatic N) is 1. The highest BCUT2D eigenvalue weighted by Crippen LogP contribution is 2.35. The predicted octanol–water partition coefficient (Wildman–Crippen LogP) is 7.45. The first-order chi connectivity index (χ1) is 16.6. The van der Waals surface area contributed by atoms with Crippen LogP contribution in [0.5, 0.6) is 11.5 Å². The van der Waals surface area contributed by atoms with E-state index in [1.54, 1.807) is 49.4 Å². The third-order valence-electron chi connectivity index (χ3n) is 5.37. The third-order valence-corrected chi connectivity index (χ3v) is 5.60. The lowest BCUT2D eigenvalue weighted by Crippen LogP contribution is -2.28. The summed E-state index contributed by atoms with van der Waals surface area (Å²) >= 11 is 5.93. The Morgan fingerprint density at radius 1 is 1.09 bits per heavy atom. The number of rotatable bonds is 6. The summed E-state index contributed by atoms with van der Waals surface area (Å²) in [4.78, 5) is 17.4. The zero-order valence-electron chi connectivity index (χ0n) is 18.4. The molecule has 0 bridgehead atoms. The number of nitrogens with one attached hydrogen (secondary N) is 1. The van der Waals surface area contributed by atoms with Gasteiger partial charge >= 0.3 is 6.18 Å². The van der Waals surface area contributed by atoms with Crippen molar-refractivity contribution in [3.63, 3.8) is 0 Å². The maximum atomic E-state index is 14.9. The Morgan fingerprint density at radius 3 is 2.60 bits per heavy atom. The molecular formula is C26H19ClF4N2O2. The summed E-state index contributed by atoms with van der Waals surface area (Å²) in [6, 6.07) is 15.8. The maximum absolute atomic E-state index is 14.9. The fraction of sp³-hybridized carbons (Fsp3) is 0.154. The molecule has 0 saturated carbocycles. The fourth-order valence-electron chi connectivity index (χ4n) is 3.67. The van der Waals surface area contributed by atoms with Gasteiger partial charge in [0.05, 0.1) is 29.4 Å². The Morgan fingerprint density at radius 2 is 1.86 bits per heavy atom. The number of aromatic nitrogens is 1. The lowest BCUT2D eigenvalue weighted by atomic mass is 10.0. The van der Waals surface area contributed by atoms with E-state index < -0.39 is 23.8 Å². The van der Waals surface area contributed by atoms with Crippen molar-refractivity contribution in [3.8, 4) is 11.5 Å². The zero-order valence-corrected chi connectivity index (χ0v) is 19.1. The number of aryl methyl sites for hydroxylation is 1. The second-order valence-electron chi connectivity index (χ2n) is 7.82. The lowest BCUT2D eigenvalue weighted by Gasteiger charge is -2.16. The normalized spacial score (nSPS) is 12.4. The number of carbonyl (C=O) groups excluding carboxylic acids is 1. The lowest BCUT2D eigenvalue weighted by molar-refractivity contribution is -0.137. The fourth-order valence-corrected chi connectivity index (χ4v) is 3.90. The second kappa shape index (κ2) is 9.92. The minimum absolute atomic E-state index is 0.0352. The van der Waals surface area contributed by atoms with Gasteiger partial charge in [-0.25, -0.2) is 4.39 Å². The van der Waals surface area contributed by atoms with Gasteiger partial charge < -0.3 is 10.1 Å². The van der Waals surface area contributed by atoms with E-state index in [0.717, 1.165) is 12.1 Å². The summed E-state index contributed by atoms with van der Waals surface area (Å²) in [5.41, 5.74) is 0.637. The van der Waals surface area contributed by atoms with E-state index in [9.17, 15) is 22.4 Å². The largest absolute Gasteiger partial charge is 0.455 e. The van der Waals surface area contributed by atoms with Crippen molar-refractivity contribution < 1.29 is 27.1 Å². The van der Waals surface area contributed by atoms with Gasteiger partial charge in [-0.1, -0.05) is 41.9 Å². The number of halogens is 5. The Labute approximate surface area is 203 Å². The minimum Gasteiger partial charge on any atom is -0.455 e. The van der Waals surface area contributed by atoms with E-state index in [2.05, 4.69) is 10.3 Å². The number of ether oxygens (including phenoxy) is 1. The summed E-state index contributed by atoms with van der Waals surface area (Å²) < 4.78 is 59.9. The van der Waals surface area contributed by atoms with Crippen LogP contribution in [-0.2, 0) is 6.18 Å². The highest BCUT2D eigenvalue weighted by molar-refractivity contribution is 6.30. The van der Waals surface area contributed by atoms with E-state index in [1.165, 1.54) is 18.3 Å². The van der Waals surface area contributed by atoms with E-state index >= 15 is 0 Å². The highest BCUT2D eigenvalue weighted by Gasteiger charge is 2.31. The van der Waals surface area contributed by atoms with E-state index in [-0.39, 0.29) is 23.6 Å². The molecule has 0 aliphatic rings. The molecule has 0 unspecified atom stereocenters. The average Bonchev–Trinajstić information content (AvgIpc) is 2.82. The highest BCUT2D eigenvalue weighted by atomic mass is 35.5. The molecule has 0 aliphatic heterocycles. The predicted molar refractivity (Wildman–Crippen MR) is 126 cm³/mol. The van der Waals surface area contributed by atoms with Crippen LogP contribution < -0.4 is 10.1 Å². The minimum atomic E-state index is -4.56. The van der Waals surface area contributed by atoms with Gasteiger partial charge in [-0.15, -0.1) is 0 Å². The molecule has 1 amide bonds. The van der Waals surface area contributed by atoms with Crippen molar-refractivity contribution in [1.29, 1.82) is 0 Å².